The van der Waals surface area contributed by atoms with Crippen molar-refractivity contribution in [2.24, 2.45) is 5.73 Å². The molecule has 0 aromatic rings. The van der Waals surface area contributed by atoms with Crippen LogP contribution in [0.3, 0.4) is 0 Å². The summed E-state index contributed by atoms with van der Waals surface area (Å²) in [6.07, 6.45) is 3.84. The second kappa shape index (κ2) is 4.65. The molecule has 1 aliphatic heterocycles. The van der Waals surface area contributed by atoms with E-state index in [-0.39, 0.29) is 5.70 Å². The molecule has 0 saturated carbocycles. The summed E-state index contributed by atoms with van der Waals surface area (Å²) in [4.78, 5) is 23.6. The van der Waals surface area contributed by atoms with Gasteiger partial charge in [0.15, 0.2) is 5.37 Å². The Labute approximate surface area is 114 Å². The molecular formula is C10H12N4O5S. The number of hydrogen-bond acceptors (Lipinski definition) is 6. The Hall–Kier alpha value is -2.33. The predicted octanol–water partition coefficient (Wildman–Crippen LogP) is -1.40. The first-order valence-corrected chi connectivity index (χ1v) is 6.91. The number of carbonyl (C=O) groups excluding carboxylic acids is 2. The number of nitrogens with two attached hydrogens (primary N) is 1. The lowest BCUT2D eigenvalue weighted by atomic mass is 10.0. The molecule has 0 fully saturated rings. The second-order valence-electron chi connectivity index (χ2n) is 4.20. The van der Waals surface area contributed by atoms with Crippen LogP contribution < -0.4 is 16.6 Å². The van der Waals surface area contributed by atoms with Crippen molar-refractivity contribution in [2.45, 2.75) is 5.37 Å². The molecule has 0 saturated heterocycles. The first-order valence-electron chi connectivity index (χ1n) is 5.40. The summed E-state index contributed by atoms with van der Waals surface area (Å²) in [5.74, 6) is -0.464. The fourth-order valence-electron chi connectivity index (χ4n) is 1.94. The molecule has 0 bridgehead atoms. The quantitative estimate of drug-likeness (QED) is 0.371. The molecule has 5 N–H and O–H groups in total. The van der Waals surface area contributed by atoms with Crippen molar-refractivity contribution in [3.63, 3.8) is 0 Å². The summed E-state index contributed by atoms with van der Waals surface area (Å²) in [5.41, 5.74) is 10.1. The summed E-state index contributed by atoms with van der Waals surface area (Å²) in [7, 11) is -2.87. The smallest absolute Gasteiger partial charge is 0.330 e. The number of carbonyl (C=O) groups is 2. The third kappa shape index (κ3) is 2.51. The molecular weight excluding hydrogens is 288 g/mol. The Kier molecular flexibility index (Phi) is 3.28. The van der Waals surface area contributed by atoms with E-state index < -0.39 is 27.3 Å². The van der Waals surface area contributed by atoms with Crippen LogP contribution in [0.2, 0.25) is 0 Å². The molecule has 2 rings (SSSR count). The highest BCUT2D eigenvalue weighted by atomic mass is 32.2. The van der Waals surface area contributed by atoms with Crippen LogP contribution in [0.1, 0.15) is 0 Å². The Balaban J connectivity index is 2.32. The summed E-state index contributed by atoms with van der Waals surface area (Å²) >= 11 is 0. The zero-order chi connectivity index (χ0) is 15.1. The van der Waals surface area contributed by atoms with Gasteiger partial charge in [0.05, 0.1) is 0 Å². The van der Waals surface area contributed by atoms with Crippen LogP contribution in [-0.4, -0.2) is 42.1 Å². The van der Waals surface area contributed by atoms with E-state index in [4.69, 9.17) is 10.3 Å². The first-order chi connectivity index (χ1) is 9.20. The normalized spacial score (nSPS) is 21.7. The van der Waals surface area contributed by atoms with Crippen molar-refractivity contribution in [3.05, 3.63) is 35.2 Å². The topological polar surface area (TPSA) is 142 Å². The minimum Gasteiger partial charge on any atom is -0.352 e. The maximum Gasteiger partial charge on any atom is 0.330 e. The monoisotopic (exact) mass is 300 g/mol. The van der Waals surface area contributed by atoms with Gasteiger partial charge in [-0.05, 0) is 17.7 Å². The van der Waals surface area contributed by atoms with Gasteiger partial charge in [0.2, 0.25) is 5.78 Å². The van der Waals surface area contributed by atoms with Crippen LogP contribution in [0.5, 0.6) is 0 Å². The zero-order valence-electron chi connectivity index (χ0n) is 10.3. The molecule has 10 heteroatoms. The fraction of sp³-hybridized carbons (Fsp3) is 0.200. The number of amides is 2. The van der Waals surface area contributed by atoms with E-state index in [1.54, 1.807) is 0 Å². The number of fused-ring (bicyclic) bond motifs is 1. The molecule has 0 aromatic heterocycles. The molecule has 1 atom stereocenters. The van der Waals surface area contributed by atoms with E-state index in [1.165, 1.54) is 30.2 Å². The number of rotatable bonds is 3. The molecule has 1 aliphatic carbocycles. The molecule has 2 amide bonds. The molecule has 9 nitrogen and oxygen atoms in total. The first kappa shape index (κ1) is 14.1. The third-order valence-corrected chi connectivity index (χ3v) is 3.90. The van der Waals surface area contributed by atoms with Gasteiger partial charge in [-0.1, -0.05) is 0 Å². The lowest BCUT2D eigenvalue weighted by Crippen LogP contribution is -2.42. The molecule has 1 heterocycles. The minimum atomic E-state index is -4.31. The summed E-state index contributed by atoms with van der Waals surface area (Å²) < 4.78 is 31.5. The van der Waals surface area contributed by atoms with E-state index in [2.05, 4.69) is 5.43 Å². The van der Waals surface area contributed by atoms with Crippen molar-refractivity contribution < 1.29 is 22.6 Å². The van der Waals surface area contributed by atoms with E-state index in [1.807, 2.05) is 5.43 Å². The van der Waals surface area contributed by atoms with Crippen molar-refractivity contribution >= 4 is 21.9 Å². The Morgan fingerprint density at radius 3 is 2.65 bits per heavy atom. The molecule has 108 valence electrons. The molecule has 0 aromatic carbocycles. The zero-order valence-corrected chi connectivity index (χ0v) is 11.1. The largest absolute Gasteiger partial charge is 0.352 e. The van der Waals surface area contributed by atoms with Gasteiger partial charge in [-0.25, -0.2) is 4.79 Å². The van der Waals surface area contributed by atoms with Crippen molar-refractivity contribution in [1.29, 1.82) is 0 Å². The molecule has 0 radical (unpaired) electrons. The van der Waals surface area contributed by atoms with Crippen molar-refractivity contribution in [3.8, 4) is 0 Å². The molecule has 20 heavy (non-hydrogen) atoms. The van der Waals surface area contributed by atoms with Crippen LogP contribution >= 0.6 is 0 Å². The highest BCUT2D eigenvalue weighted by Crippen LogP contribution is 2.32. The van der Waals surface area contributed by atoms with E-state index >= 15 is 0 Å². The number of allylic oxidation sites excluding steroid dienone is 2. The highest BCUT2D eigenvalue weighted by molar-refractivity contribution is 7.86. The molecule has 0 unspecified atom stereocenters. The standard InChI is InChI=1S/C10H12N4O5S/c1-14-7-4-8(15)6(12-13-10(11)16)2-5(7)3-9(14)20(17,18)19/h2-4,9,12H,1H3,(H3,11,13,16)(H,17,18,19)/t9-/m0/s1. The Morgan fingerprint density at radius 1 is 1.45 bits per heavy atom. The van der Waals surface area contributed by atoms with Crippen LogP contribution in [0, 0.1) is 0 Å². The van der Waals surface area contributed by atoms with Gasteiger partial charge in [0, 0.05) is 18.8 Å². The van der Waals surface area contributed by atoms with Crippen LogP contribution in [0.25, 0.3) is 0 Å². The number of nitrogens with zero attached hydrogens (tertiary/aromatic N) is 1. The maximum absolute atomic E-state index is 11.8. The van der Waals surface area contributed by atoms with Crippen LogP contribution in [-0.2, 0) is 14.9 Å². The van der Waals surface area contributed by atoms with Gasteiger partial charge in [0.25, 0.3) is 10.1 Å². The maximum atomic E-state index is 11.8. The van der Waals surface area contributed by atoms with E-state index in [9.17, 15) is 18.0 Å². The van der Waals surface area contributed by atoms with Gasteiger partial charge in [0.1, 0.15) is 5.70 Å². The third-order valence-electron chi connectivity index (χ3n) is 2.84. The number of nitrogens with one attached hydrogen (secondary N) is 2. The van der Waals surface area contributed by atoms with Gasteiger partial charge >= 0.3 is 6.03 Å². The minimum absolute atomic E-state index is 0.0307. The second-order valence-corrected chi connectivity index (χ2v) is 5.72. The average molecular weight is 300 g/mol. The van der Waals surface area contributed by atoms with E-state index in [0.717, 1.165) is 0 Å². The number of hydrazine groups is 1. The number of urea groups is 1. The SMILES string of the molecule is CN1C2=CC(=O)C(NNC(N)=O)=CC2=C[C@@H]1S(=O)(=O)O. The Morgan fingerprint density at radius 2 is 2.10 bits per heavy atom. The number of hydrogen-bond donors (Lipinski definition) is 4. The van der Waals surface area contributed by atoms with Gasteiger partial charge in [-0.15, -0.1) is 0 Å². The highest BCUT2D eigenvalue weighted by Gasteiger charge is 2.36. The Bertz CT molecular complexity index is 676. The summed E-state index contributed by atoms with van der Waals surface area (Å²) in [5, 5.41) is -1.25. The number of ketones is 1. The number of likely N-dealkylation sites (N-methyl/N-ethyl adjacent to an activating group) is 1. The lowest BCUT2D eigenvalue weighted by Gasteiger charge is -2.22. The summed E-state index contributed by atoms with van der Waals surface area (Å²) in [6, 6.07) is -0.873. The lowest BCUT2D eigenvalue weighted by molar-refractivity contribution is -0.111. The van der Waals surface area contributed by atoms with Gasteiger partial charge in [-0.3, -0.25) is 20.2 Å². The van der Waals surface area contributed by atoms with Crippen LogP contribution in [0.4, 0.5) is 4.79 Å². The average Bonchev–Trinajstić information content (AvgIpc) is 2.63. The van der Waals surface area contributed by atoms with Gasteiger partial charge in [-0.2, -0.15) is 8.42 Å². The van der Waals surface area contributed by atoms with Crippen molar-refractivity contribution in [1.82, 2.24) is 15.8 Å². The number of primary amides is 1. The van der Waals surface area contributed by atoms with Crippen LogP contribution in [0.15, 0.2) is 35.2 Å². The predicted molar refractivity (Wildman–Crippen MR) is 68.2 cm³/mol. The van der Waals surface area contributed by atoms with Crippen molar-refractivity contribution in [2.75, 3.05) is 7.05 Å². The molecule has 2 aliphatic rings. The van der Waals surface area contributed by atoms with E-state index in [0.29, 0.717) is 11.3 Å². The molecule has 0 spiro atoms. The van der Waals surface area contributed by atoms with Gasteiger partial charge < -0.3 is 10.6 Å². The fourth-order valence-corrected chi connectivity index (χ4v) is 2.77. The summed E-state index contributed by atoms with van der Waals surface area (Å²) in [6.45, 7) is 0.